The number of hydrogen-bond acceptors (Lipinski definition) is 3. The van der Waals surface area contributed by atoms with E-state index in [9.17, 15) is 0 Å². The summed E-state index contributed by atoms with van der Waals surface area (Å²) in [5, 5.41) is 1.09. The van der Waals surface area contributed by atoms with Crippen LogP contribution in [0.15, 0.2) is 30.5 Å². The van der Waals surface area contributed by atoms with E-state index >= 15 is 0 Å². The van der Waals surface area contributed by atoms with Crippen molar-refractivity contribution in [1.82, 2.24) is 9.88 Å². The molecule has 1 aliphatic carbocycles. The molecule has 1 aromatic heterocycles. The number of likely N-dealkylation sites (tertiary alicyclic amines) is 1. The van der Waals surface area contributed by atoms with Crippen molar-refractivity contribution >= 4 is 16.6 Å². The molecular weight excluding hydrogens is 258 g/mol. The maximum Gasteiger partial charge on any atom is 0.0767 e. The van der Waals surface area contributed by atoms with Crippen LogP contribution in [-0.4, -0.2) is 22.5 Å². The number of nitrogens with two attached hydrogens (primary N) is 1. The van der Waals surface area contributed by atoms with Gasteiger partial charge in [-0.15, -0.1) is 0 Å². The molecule has 0 amide bonds. The van der Waals surface area contributed by atoms with E-state index in [0.717, 1.165) is 35.1 Å². The number of aromatic nitrogens is 1. The molecule has 110 valence electrons. The van der Waals surface area contributed by atoms with Crippen molar-refractivity contribution in [2.75, 3.05) is 12.3 Å². The number of hydrogen-bond donors (Lipinski definition) is 1. The summed E-state index contributed by atoms with van der Waals surface area (Å²) in [6.45, 7) is 2.26. The van der Waals surface area contributed by atoms with Gasteiger partial charge < -0.3 is 5.73 Å². The molecule has 2 atom stereocenters. The van der Waals surface area contributed by atoms with Gasteiger partial charge in [-0.2, -0.15) is 0 Å². The summed E-state index contributed by atoms with van der Waals surface area (Å²) in [5.41, 5.74) is 9.33. The first kappa shape index (κ1) is 13.1. The summed E-state index contributed by atoms with van der Waals surface area (Å²) in [6.07, 6.45) is 8.88. The van der Waals surface area contributed by atoms with E-state index < -0.39 is 0 Å². The second kappa shape index (κ2) is 5.30. The van der Waals surface area contributed by atoms with Crippen LogP contribution in [0.1, 0.15) is 37.7 Å². The number of rotatable bonds is 2. The van der Waals surface area contributed by atoms with E-state index in [1.54, 1.807) is 0 Å². The van der Waals surface area contributed by atoms with Crippen LogP contribution >= 0.6 is 0 Å². The fraction of sp³-hybridized carbons (Fsp3) is 0.500. The van der Waals surface area contributed by atoms with Crippen LogP contribution in [0.2, 0.25) is 0 Å². The summed E-state index contributed by atoms with van der Waals surface area (Å²) in [7, 11) is 0. The molecule has 21 heavy (non-hydrogen) atoms. The van der Waals surface area contributed by atoms with Crippen LogP contribution in [0, 0.1) is 5.92 Å². The van der Waals surface area contributed by atoms with Gasteiger partial charge in [-0.25, -0.2) is 0 Å². The van der Waals surface area contributed by atoms with Crippen LogP contribution in [0.25, 0.3) is 10.9 Å². The fourth-order valence-corrected chi connectivity index (χ4v) is 4.35. The number of nitrogen functional groups attached to an aromatic ring is 1. The van der Waals surface area contributed by atoms with Gasteiger partial charge in [-0.1, -0.05) is 12.5 Å². The number of piperidine rings is 1. The van der Waals surface area contributed by atoms with Crippen LogP contribution in [-0.2, 0) is 6.54 Å². The minimum atomic E-state index is 0.801. The van der Waals surface area contributed by atoms with Gasteiger partial charge in [0.15, 0.2) is 0 Å². The molecule has 1 aliphatic heterocycles. The lowest BCUT2D eigenvalue weighted by Gasteiger charge is -2.38. The minimum absolute atomic E-state index is 0.801. The number of benzene rings is 1. The average Bonchev–Trinajstić information content (AvgIpc) is 3.00. The second-order valence-electron chi connectivity index (χ2n) is 6.58. The molecule has 2 heterocycles. The lowest BCUT2D eigenvalue weighted by atomic mass is 9.91. The molecule has 3 heteroatoms. The maximum absolute atomic E-state index is 6.09. The summed E-state index contributed by atoms with van der Waals surface area (Å²) in [4.78, 5) is 7.28. The third kappa shape index (κ3) is 2.30. The summed E-state index contributed by atoms with van der Waals surface area (Å²) >= 11 is 0. The molecular formula is C18H23N3. The summed E-state index contributed by atoms with van der Waals surface area (Å²) in [5.74, 6) is 0.937. The second-order valence-corrected chi connectivity index (χ2v) is 6.58. The van der Waals surface area contributed by atoms with Gasteiger partial charge >= 0.3 is 0 Å². The van der Waals surface area contributed by atoms with Gasteiger partial charge in [0, 0.05) is 29.9 Å². The molecule has 4 rings (SSSR count). The Morgan fingerprint density at radius 3 is 3.00 bits per heavy atom. The average molecular weight is 281 g/mol. The van der Waals surface area contributed by atoms with E-state index in [1.807, 2.05) is 18.3 Å². The first-order valence-electron chi connectivity index (χ1n) is 8.19. The Kier molecular flexibility index (Phi) is 3.30. The number of fused-ring (bicyclic) bond motifs is 2. The van der Waals surface area contributed by atoms with Crippen molar-refractivity contribution in [1.29, 1.82) is 0 Å². The summed E-state index contributed by atoms with van der Waals surface area (Å²) in [6, 6.07) is 9.06. The molecule has 1 saturated carbocycles. The fourth-order valence-electron chi connectivity index (χ4n) is 4.35. The van der Waals surface area contributed by atoms with Gasteiger partial charge in [0.2, 0.25) is 0 Å². The lowest BCUT2D eigenvalue weighted by molar-refractivity contribution is 0.106. The molecule has 2 unspecified atom stereocenters. The normalized spacial score (nSPS) is 26.1. The largest absolute Gasteiger partial charge is 0.398 e. The zero-order valence-corrected chi connectivity index (χ0v) is 12.5. The van der Waals surface area contributed by atoms with E-state index in [-0.39, 0.29) is 0 Å². The van der Waals surface area contributed by atoms with Crippen LogP contribution < -0.4 is 5.73 Å². The van der Waals surface area contributed by atoms with E-state index in [4.69, 9.17) is 5.73 Å². The van der Waals surface area contributed by atoms with Gasteiger partial charge in [0.1, 0.15) is 0 Å². The van der Waals surface area contributed by atoms with Crippen molar-refractivity contribution in [2.24, 2.45) is 5.92 Å². The van der Waals surface area contributed by atoms with Gasteiger partial charge in [-0.05, 0) is 61.9 Å². The van der Waals surface area contributed by atoms with Crippen molar-refractivity contribution in [3.63, 3.8) is 0 Å². The third-order valence-corrected chi connectivity index (χ3v) is 5.37. The number of pyridine rings is 1. The summed E-state index contributed by atoms with van der Waals surface area (Å²) < 4.78 is 0. The SMILES string of the molecule is Nc1ccc(CN2CCCC3CCCC32)c2ncccc12. The topological polar surface area (TPSA) is 42.1 Å². The maximum atomic E-state index is 6.09. The predicted molar refractivity (Wildman–Crippen MR) is 86.9 cm³/mol. The van der Waals surface area contributed by atoms with E-state index in [0.29, 0.717) is 0 Å². The highest BCUT2D eigenvalue weighted by Crippen LogP contribution is 2.38. The van der Waals surface area contributed by atoms with E-state index in [2.05, 4.69) is 22.0 Å². The lowest BCUT2D eigenvalue weighted by Crippen LogP contribution is -2.41. The standard InChI is InChI=1S/C18H23N3/c19-16-9-8-14(18-15(16)6-2-10-20-18)12-21-11-3-5-13-4-1-7-17(13)21/h2,6,8-10,13,17H,1,3-5,7,11-12,19H2. The van der Waals surface area contributed by atoms with Gasteiger partial charge in [0.05, 0.1) is 5.52 Å². The van der Waals surface area contributed by atoms with Crippen molar-refractivity contribution in [2.45, 2.75) is 44.7 Å². The highest BCUT2D eigenvalue weighted by molar-refractivity contribution is 5.92. The molecule has 2 fully saturated rings. The molecule has 1 aromatic carbocycles. The van der Waals surface area contributed by atoms with Gasteiger partial charge in [0.25, 0.3) is 0 Å². The molecule has 0 radical (unpaired) electrons. The first-order chi connectivity index (χ1) is 10.3. The Labute approximate surface area is 126 Å². The van der Waals surface area contributed by atoms with Crippen molar-refractivity contribution < 1.29 is 0 Å². The Morgan fingerprint density at radius 1 is 1.14 bits per heavy atom. The zero-order valence-electron chi connectivity index (χ0n) is 12.5. The quantitative estimate of drug-likeness (QED) is 0.856. The van der Waals surface area contributed by atoms with Crippen molar-refractivity contribution in [3.8, 4) is 0 Å². The molecule has 2 aromatic rings. The molecule has 0 spiro atoms. The third-order valence-electron chi connectivity index (χ3n) is 5.37. The smallest absolute Gasteiger partial charge is 0.0767 e. The van der Waals surface area contributed by atoms with E-state index in [1.165, 1.54) is 44.2 Å². The highest BCUT2D eigenvalue weighted by Gasteiger charge is 2.34. The molecule has 1 saturated heterocycles. The van der Waals surface area contributed by atoms with Crippen molar-refractivity contribution in [3.05, 3.63) is 36.0 Å². The molecule has 0 bridgehead atoms. The minimum Gasteiger partial charge on any atom is -0.398 e. The van der Waals surface area contributed by atoms with Crippen LogP contribution in [0.5, 0.6) is 0 Å². The van der Waals surface area contributed by atoms with Crippen LogP contribution in [0.4, 0.5) is 5.69 Å². The Hall–Kier alpha value is -1.61. The molecule has 2 N–H and O–H groups in total. The highest BCUT2D eigenvalue weighted by atomic mass is 15.2. The number of nitrogens with zero attached hydrogens (tertiary/aromatic N) is 2. The Bertz CT molecular complexity index is 652. The predicted octanol–water partition coefficient (Wildman–Crippen LogP) is 3.58. The molecule has 2 aliphatic rings. The zero-order chi connectivity index (χ0) is 14.2. The molecule has 3 nitrogen and oxygen atoms in total. The van der Waals surface area contributed by atoms with Crippen LogP contribution in [0.3, 0.4) is 0 Å². The Balaban J connectivity index is 1.66. The monoisotopic (exact) mass is 281 g/mol. The van der Waals surface area contributed by atoms with Gasteiger partial charge in [-0.3, -0.25) is 9.88 Å². The number of anilines is 1. The Morgan fingerprint density at radius 2 is 2.05 bits per heavy atom. The first-order valence-corrected chi connectivity index (χ1v) is 8.19.